The van der Waals surface area contributed by atoms with Gasteiger partial charge in [0.1, 0.15) is 0 Å². The molecule has 2 nitrogen and oxygen atoms in total. The Morgan fingerprint density at radius 1 is 1.43 bits per heavy atom. The van der Waals surface area contributed by atoms with Crippen molar-refractivity contribution >= 4 is 34.5 Å². The van der Waals surface area contributed by atoms with E-state index in [0.717, 1.165) is 39.5 Å². The molecule has 0 spiro atoms. The molecule has 1 aromatic carbocycles. The van der Waals surface area contributed by atoms with Gasteiger partial charge in [0.25, 0.3) is 0 Å². The van der Waals surface area contributed by atoms with Crippen LogP contribution in [0.3, 0.4) is 0 Å². The largest absolute Gasteiger partial charge is 0.392 e. The molecule has 0 aromatic heterocycles. The lowest BCUT2D eigenvalue weighted by Crippen LogP contribution is -2.40. The lowest BCUT2D eigenvalue weighted by molar-refractivity contribution is -0.112. The predicted octanol–water partition coefficient (Wildman–Crippen LogP) is 4.12. The Morgan fingerprint density at radius 3 is 3.00 bits per heavy atom. The van der Waals surface area contributed by atoms with Crippen LogP contribution in [0.4, 0.5) is 0 Å². The van der Waals surface area contributed by atoms with Gasteiger partial charge in [0.2, 0.25) is 0 Å². The molecule has 2 atom stereocenters. The Balaban J connectivity index is 1.98. The molecular formula is C18H19IO2. The topological polar surface area (TPSA) is 37.3 Å². The number of ketones is 1. The summed E-state index contributed by atoms with van der Waals surface area (Å²) in [4.78, 5) is 12.4. The Morgan fingerprint density at radius 2 is 2.24 bits per heavy atom. The maximum Gasteiger partial charge on any atom is 0.181 e. The zero-order valence-corrected chi connectivity index (χ0v) is 14.3. The molecule has 3 rings (SSSR count). The van der Waals surface area contributed by atoms with Crippen molar-refractivity contribution in [2.24, 2.45) is 5.41 Å². The van der Waals surface area contributed by atoms with Gasteiger partial charge in [-0.15, -0.1) is 0 Å². The van der Waals surface area contributed by atoms with Crippen LogP contribution in [0.15, 0.2) is 41.5 Å². The summed E-state index contributed by atoms with van der Waals surface area (Å²) in [5.74, 6) is 0.107. The summed E-state index contributed by atoms with van der Waals surface area (Å²) < 4.78 is 1.16. The number of aliphatic hydroxyl groups excluding tert-OH is 1. The second-order valence-corrected chi connectivity index (χ2v) is 7.51. The zero-order valence-electron chi connectivity index (χ0n) is 12.1. The van der Waals surface area contributed by atoms with Crippen molar-refractivity contribution in [1.82, 2.24) is 0 Å². The Bertz CT molecular complexity index is 644. The SMILES string of the molecule is C[C@]12C/C(=C\c3cccc(I)c3)C(=O)C=C1CCC[C@@H]2O. The van der Waals surface area contributed by atoms with E-state index in [1.807, 2.05) is 24.3 Å². The highest BCUT2D eigenvalue weighted by molar-refractivity contribution is 14.1. The average molecular weight is 394 g/mol. The van der Waals surface area contributed by atoms with E-state index in [1.54, 1.807) is 6.08 Å². The van der Waals surface area contributed by atoms with E-state index < -0.39 is 0 Å². The summed E-state index contributed by atoms with van der Waals surface area (Å²) in [5.41, 5.74) is 2.73. The summed E-state index contributed by atoms with van der Waals surface area (Å²) in [7, 11) is 0. The van der Waals surface area contributed by atoms with Crippen molar-refractivity contribution in [3.8, 4) is 0 Å². The maximum absolute atomic E-state index is 12.4. The first-order valence-electron chi connectivity index (χ1n) is 7.38. The van der Waals surface area contributed by atoms with Crippen LogP contribution in [0.2, 0.25) is 0 Å². The van der Waals surface area contributed by atoms with Gasteiger partial charge in [0, 0.05) is 14.6 Å². The van der Waals surface area contributed by atoms with E-state index in [2.05, 4.69) is 35.6 Å². The molecule has 1 saturated carbocycles. The number of fused-ring (bicyclic) bond motifs is 1. The zero-order chi connectivity index (χ0) is 15.0. The van der Waals surface area contributed by atoms with Gasteiger partial charge in [-0.2, -0.15) is 0 Å². The Hall–Kier alpha value is -0.940. The van der Waals surface area contributed by atoms with Crippen LogP contribution in [-0.2, 0) is 4.79 Å². The first-order valence-corrected chi connectivity index (χ1v) is 8.46. The minimum atomic E-state index is -0.343. The van der Waals surface area contributed by atoms with Gasteiger partial charge in [0.15, 0.2) is 5.78 Å². The normalized spacial score (nSPS) is 31.0. The third-order valence-corrected chi connectivity index (χ3v) is 5.43. The van der Waals surface area contributed by atoms with Gasteiger partial charge in [-0.25, -0.2) is 0 Å². The number of carbonyl (C=O) groups is 1. The molecular weight excluding hydrogens is 375 g/mol. The summed E-state index contributed by atoms with van der Waals surface area (Å²) in [5, 5.41) is 10.4. The molecule has 0 radical (unpaired) electrons. The number of hydrogen-bond acceptors (Lipinski definition) is 2. The molecule has 0 amide bonds. The van der Waals surface area contributed by atoms with E-state index in [-0.39, 0.29) is 17.3 Å². The molecule has 0 aliphatic heterocycles. The van der Waals surface area contributed by atoms with Crippen LogP contribution in [0.25, 0.3) is 6.08 Å². The smallest absolute Gasteiger partial charge is 0.181 e. The summed E-state index contributed by atoms with van der Waals surface area (Å²) in [6.07, 6.45) is 6.80. The average Bonchev–Trinajstić information content (AvgIpc) is 2.43. The molecule has 2 aliphatic rings. The third-order valence-electron chi connectivity index (χ3n) is 4.76. The van der Waals surface area contributed by atoms with Crippen molar-refractivity contribution < 1.29 is 9.90 Å². The van der Waals surface area contributed by atoms with Gasteiger partial charge in [-0.3, -0.25) is 4.79 Å². The highest BCUT2D eigenvalue weighted by atomic mass is 127. The van der Waals surface area contributed by atoms with Crippen molar-refractivity contribution in [3.63, 3.8) is 0 Å². The number of allylic oxidation sites excluding steroid dienone is 2. The quantitative estimate of drug-likeness (QED) is 0.575. The predicted molar refractivity (Wildman–Crippen MR) is 92.8 cm³/mol. The molecule has 3 heteroatoms. The fraction of sp³-hybridized carbons (Fsp3) is 0.389. The minimum Gasteiger partial charge on any atom is -0.392 e. The molecule has 1 N–H and O–H groups in total. The van der Waals surface area contributed by atoms with Gasteiger partial charge < -0.3 is 5.11 Å². The maximum atomic E-state index is 12.4. The van der Waals surface area contributed by atoms with Crippen LogP contribution < -0.4 is 0 Å². The van der Waals surface area contributed by atoms with E-state index >= 15 is 0 Å². The number of rotatable bonds is 1. The summed E-state index contributed by atoms with van der Waals surface area (Å²) in [6.45, 7) is 2.09. The highest BCUT2D eigenvalue weighted by Gasteiger charge is 2.43. The fourth-order valence-electron chi connectivity index (χ4n) is 3.43. The second-order valence-electron chi connectivity index (χ2n) is 6.26. The fourth-order valence-corrected chi connectivity index (χ4v) is 3.99. The summed E-state index contributed by atoms with van der Waals surface area (Å²) >= 11 is 2.27. The lowest BCUT2D eigenvalue weighted by atomic mass is 9.63. The molecule has 0 bridgehead atoms. The monoisotopic (exact) mass is 394 g/mol. The number of halogens is 1. The minimum absolute atomic E-state index is 0.107. The Labute approximate surface area is 139 Å². The van der Waals surface area contributed by atoms with Crippen molar-refractivity contribution in [2.45, 2.75) is 38.7 Å². The number of aliphatic hydroxyl groups is 1. The van der Waals surface area contributed by atoms with Crippen LogP contribution in [0.5, 0.6) is 0 Å². The second kappa shape index (κ2) is 5.69. The van der Waals surface area contributed by atoms with Crippen molar-refractivity contribution in [1.29, 1.82) is 0 Å². The van der Waals surface area contributed by atoms with E-state index in [1.165, 1.54) is 0 Å². The molecule has 0 unspecified atom stereocenters. The molecule has 21 heavy (non-hydrogen) atoms. The van der Waals surface area contributed by atoms with E-state index in [9.17, 15) is 9.90 Å². The molecule has 1 fully saturated rings. The molecule has 2 aliphatic carbocycles. The number of benzene rings is 1. The molecule has 0 heterocycles. The van der Waals surface area contributed by atoms with Crippen molar-refractivity contribution in [3.05, 3.63) is 50.6 Å². The van der Waals surface area contributed by atoms with Crippen LogP contribution in [0.1, 0.15) is 38.2 Å². The van der Waals surface area contributed by atoms with Gasteiger partial charge >= 0.3 is 0 Å². The first kappa shape index (κ1) is 15.0. The van der Waals surface area contributed by atoms with Gasteiger partial charge in [0.05, 0.1) is 6.10 Å². The Kier molecular flexibility index (Phi) is 4.06. The van der Waals surface area contributed by atoms with Gasteiger partial charge in [-0.05, 0) is 78.1 Å². The molecule has 1 aromatic rings. The van der Waals surface area contributed by atoms with E-state index in [0.29, 0.717) is 6.42 Å². The van der Waals surface area contributed by atoms with E-state index in [4.69, 9.17) is 0 Å². The summed E-state index contributed by atoms with van der Waals surface area (Å²) in [6, 6.07) is 8.12. The lowest BCUT2D eigenvalue weighted by Gasteiger charge is -2.43. The highest BCUT2D eigenvalue weighted by Crippen LogP contribution is 2.48. The van der Waals surface area contributed by atoms with Crippen LogP contribution >= 0.6 is 22.6 Å². The number of carbonyl (C=O) groups excluding carboxylic acids is 1. The standard InChI is InChI=1S/C18H19IO2/c1-18-11-13(8-12-4-2-6-15(19)9-12)16(20)10-14(18)5-3-7-17(18)21/h2,4,6,8-10,17,21H,3,5,7,11H2,1H3/b13-8+/t17-,18-/m0/s1. The molecule has 110 valence electrons. The van der Waals surface area contributed by atoms with Gasteiger partial charge in [-0.1, -0.05) is 24.6 Å². The van der Waals surface area contributed by atoms with Crippen LogP contribution in [0, 0.1) is 8.99 Å². The third kappa shape index (κ3) is 2.86. The van der Waals surface area contributed by atoms with Crippen LogP contribution in [-0.4, -0.2) is 17.0 Å². The number of hydrogen-bond donors (Lipinski definition) is 1. The molecule has 0 saturated heterocycles. The first-order chi connectivity index (χ1) is 9.99. The van der Waals surface area contributed by atoms with Crippen molar-refractivity contribution in [2.75, 3.05) is 0 Å².